The third-order valence-electron chi connectivity index (χ3n) is 2.12. The summed E-state index contributed by atoms with van der Waals surface area (Å²) in [5, 5.41) is 0. The van der Waals surface area contributed by atoms with E-state index >= 15 is 0 Å². The fourth-order valence-corrected chi connectivity index (χ4v) is 2.89. The molecule has 0 N–H and O–H groups in total. The number of benzene rings is 1. The maximum atomic E-state index is 4.79. The SMILES string of the molecule is CC(C)c1ccccc1[N]=[Mo]=[CH]C(C)(C)C. The quantitative estimate of drug-likeness (QED) is 0.710. The predicted molar refractivity (Wildman–Crippen MR) is 68.1 cm³/mol. The summed E-state index contributed by atoms with van der Waals surface area (Å²) in [6.45, 7) is 11.2. The van der Waals surface area contributed by atoms with Crippen molar-refractivity contribution >= 4 is 10.1 Å². The van der Waals surface area contributed by atoms with Gasteiger partial charge in [0.25, 0.3) is 0 Å². The van der Waals surface area contributed by atoms with Crippen molar-refractivity contribution in [3.05, 3.63) is 29.8 Å². The topological polar surface area (TPSA) is 12.4 Å². The van der Waals surface area contributed by atoms with Crippen LogP contribution in [0.3, 0.4) is 0 Å². The zero-order chi connectivity index (χ0) is 12.2. The Morgan fingerprint density at radius 2 is 1.81 bits per heavy atom. The van der Waals surface area contributed by atoms with E-state index in [4.69, 9.17) is 3.50 Å². The molecule has 0 amide bonds. The molecule has 1 aromatic rings. The summed E-state index contributed by atoms with van der Waals surface area (Å²) in [6.07, 6.45) is 0. The Balaban J connectivity index is 3.02. The Morgan fingerprint density at radius 3 is 2.38 bits per heavy atom. The minimum absolute atomic E-state index is 0.304. The molecule has 0 aliphatic heterocycles. The molecule has 0 bridgehead atoms. The number of rotatable bonds is 2. The zero-order valence-corrected chi connectivity index (χ0v) is 12.8. The van der Waals surface area contributed by atoms with Crippen LogP contribution >= 0.6 is 0 Å². The molecule has 1 nitrogen and oxygen atoms in total. The second kappa shape index (κ2) is 5.77. The predicted octanol–water partition coefficient (Wildman–Crippen LogP) is 4.56. The zero-order valence-electron chi connectivity index (χ0n) is 10.8. The first kappa shape index (κ1) is 13.6. The number of hydrogen-bond acceptors (Lipinski definition) is 1. The van der Waals surface area contributed by atoms with Gasteiger partial charge in [0.05, 0.1) is 0 Å². The Morgan fingerprint density at radius 1 is 1.19 bits per heavy atom. The molecule has 0 heterocycles. The van der Waals surface area contributed by atoms with Crippen LogP contribution in [-0.4, -0.2) is 4.40 Å². The van der Waals surface area contributed by atoms with Crippen LogP contribution in [0.15, 0.2) is 27.8 Å². The summed E-state index contributed by atoms with van der Waals surface area (Å²) < 4.78 is 7.17. The van der Waals surface area contributed by atoms with E-state index in [-0.39, 0.29) is 17.9 Å². The van der Waals surface area contributed by atoms with Gasteiger partial charge < -0.3 is 0 Å². The summed E-state index contributed by atoms with van der Waals surface area (Å²) in [6, 6.07) is 8.50. The van der Waals surface area contributed by atoms with E-state index < -0.39 is 0 Å². The fraction of sp³-hybridized carbons (Fsp3) is 0.500. The minimum atomic E-state index is -0.365. The van der Waals surface area contributed by atoms with E-state index in [0.29, 0.717) is 11.3 Å². The molecule has 0 radical (unpaired) electrons. The maximum absolute atomic E-state index is 4.79. The van der Waals surface area contributed by atoms with E-state index in [1.807, 2.05) is 0 Å². The fourth-order valence-electron chi connectivity index (χ4n) is 1.30. The average Bonchev–Trinajstić information content (AvgIpc) is 2.16. The van der Waals surface area contributed by atoms with Crippen molar-refractivity contribution in [3.8, 4) is 0 Å². The van der Waals surface area contributed by atoms with Crippen LogP contribution in [0.4, 0.5) is 5.69 Å². The van der Waals surface area contributed by atoms with E-state index in [1.54, 1.807) is 0 Å². The van der Waals surface area contributed by atoms with Gasteiger partial charge in [-0.3, -0.25) is 0 Å². The van der Waals surface area contributed by atoms with Gasteiger partial charge in [0, 0.05) is 0 Å². The van der Waals surface area contributed by atoms with Crippen molar-refractivity contribution in [2.45, 2.75) is 40.5 Å². The first-order valence-corrected chi connectivity index (χ1v) is 7.76. The first-order valence-electron chi connectivity index (χ1n) is 5.70. The van der Waals surface area contributed by atoms with Gasteiger partial charge in [-0.15, -0.1) is 0 Å². The number of nitrogens with zero attached hydrogens (tertiary/aromatic N) is 1. The number of hydrogen-bond donors (Lipinski definition) is 0. The van der Waals surface area contributed by atoms with Crippen molar-refractivity contribution in [1.82, 2.24) is 0 Å². The molecule has 1 rings (SSSR count). The molecule has 0 fully saturated rings. The summed E-state index contributed by atoms with van der Waals surface area (Å²) in [5.41, 5.74) is 2.87. The molecule has 0 aliphatic rings. The van der Waals surface area contributed by atoms with Gasteiger partial charge in [0.15, 0.2) is 0 Å². The Bertz CT molecular complexity index is 407. The monoisotopic (exact) mass is 301 g/mol. The van der Waals surface area contributed by atoms with E-state index in [9.17, 15) is 0 Å². The molecule has 0 spiro atoms. The molecule has 0 saturated carbocycles. The Hall–Kier alpha value is -0.422. The van der Waals surface area contributed by atoms with Crippen molar-refractivity contribution in [2.24, 2.45) is 8.91 Å². The van der Waals surface area contributed by atoms with Crippen LogP contribution in [0, 0.1) is 5.41 Å². The van der Waals surface area contributed by atoms with Crippen LogP contribution < -0.4 is 0 Å². The van der Waals surface area contributed by atoms with Crippen molar-refractivity contribution < 1.29 is 17.9 Å². The summed E-state index contributed by atoms with van der Waals surface area (Å²) in [4.78, 5) is 0. The van der Waals surface area contributed by atoms with E-state index in [0.717, 1.165) is 0 Å². The van der Waals surface area contributed by atoms with Gasteiger partial charge in [0.1, 0.15) is 0 Å². The Kier molecular flexibility index (Phi) is 4.92. The molecule has 0 unspecified atom stereocenters. The second-order valence-electron chi connectivity index (χ2n) is 5.39. The third kappa shape index (κ3) is 4.61. The van der Waals surface area contributed by atoms with Crippen molar-refractivity contribution in [3.63, 3.8) is 0 Å². The second-order valence-corrected chi connectivity index (χ2v) is 6.94. The van der Waals surface area contributed by atoms with Gasteiger partial charge in [-0.1, -0.05) is 0 Å². The van der Waals surface area contributed by atoms with Gasteiger partial charge in [-0.05, 0) is 0 Å². The Labute approximate surface area is 107 Å². The van der Waals surface area contributed by atoms with Gasteiger partial charge in [-0.25, -0.2) is 0 Å². The van der Waals surface area contributed by atoms with Crippen LogP contribution in [0.5, 0.6) is 0 Å². The van der Waals surface area contributed by atoms with Crippen LogP contribution in [0.25, 0.3) is 0 Å². The summed E-state index contributed by atoms with van der Waals surface area (Å²) in [5.74, 6) is 0.557. The van der Waals surface area contributed by atoms with Crippen molar-refractivity contribution in [2.75, 3.05) is 0 Å². The molecule has 88 valence electrons. The van der Waals surface area contributed by atoms with Crippen LogP contribution in [-0.2, 0) is 17.9 Å². The van der Waals surface area contributed by atoms with Crippen molar-refractivity contribution in [1.29, 1.82) is 0 Å². The summed E-state index contributed by atoms with van der Waals surface area (Å²) >= 11 is -0.365. The molecule has 0 atom stereocenters. The van der Waals surface area contributed by atoms with Crippen LogP contribution in [0.2, 0.25) is 0 Å². The molecule has 16 heavy (non-hydrogen) atoms. The molecule has 0 saturated heterocycles. The third-order valence-corrected chi connectivity index (χ3v) is 4.86. The van der Waals surface area contributed by atoms with E-state index in [1.165, 1.54) is 11.3 Å². The van der Waals surface area contributed by atoms with Crippen LogP contribution in [0.1, 0.15) is 46.1 Å². The summed E-state index contributed by atoms with van der Waals surface area (Å²) in [7, 11) is 0. The normalized spacial score (nSPS) is 11.4. The molecule has 0 aliphatic carbocycles. The van der Waals surface area contributed by atoms with Gasteiger partial charge >= 0.3 is 107 Å². The molecule has 0 aromatic heterocycles. The molecule has 1 aromatic carbocycles. The van der Waals surface area contributed by atoms with E-state index in [2.05, 4.69) is 63.3 Å². The molecular formula is C14H21MoN. The first-order chi connectivity index (χ1) is 7.40. The molecule has 2 heteroatoms. The standard InChI is InChI=1S/C9H11N.C5H10.Mo/c1-7(2)8-5-3-4-6-9(8)10;1-5(2,3)4;/h3-7H,1-2H3;1H,2-4H3;. The van der Waals surface area contributed by atoms with Gasteiger partial charge in [0.2, 0.25) is 0 Å². The average molecular weight is 299 g/mol. The van der Waals surface area contributed by atoms with Gasteiger partial charge in [-0.2, -0.15) is 0 Å². The molecular weight excluding hydrogens is 278 g/mol.